The summed E-state index contributed by atoms with van der Waals surface area (Å²) in [6.07, 6.45) is 7.25. The highest BCUT2D eigenvalue weighted by molar-refractivity contribution is 5.90. The molecule has 9 aromatic rings. The largest absolute Gasteiger partial charge is 0.356 e. The molecule has 0 aliphatic carbocycles. The molecular formula is C56H46N4. The van der Waals surface area contributed by atoms with Crippen molar-refractivity contribution in [2.45, 2.75) is 12.5 Å². The molecule has 290 valence electrons. The summed E-state index contributed by atoms with van der Waals surface area (Å²) in [6, 6.07) is 79.3. The molecule has 0 aromatic heterocycles. The third-order valence-electron chi connectivity index (χ3n) is 10.9. The van der Waals surface area contributed by atoms with Crippen LogP contribution in [0.5, 0.6) is 0 Å². The minimum Gasteiger partial charge on any atom is -0.356 e. The maximum absolute atomic E-state index is 4.35. The van der Waals surface area contributed by atoms with Crippen molar-refractivity contribution in [3.8, 4) is 0 Å². The van der Waals surface area contributed by atoms with E-state index in [1.165, 1.54) is 21.5 Å². The molecule has 0 heterocycles. The fraction of sp³-hybridized carbons (Fsp3) is 0.0357. The SMILES string of the molecule is C=CC(CC=CN(c1ccc(Nc2ccccc2)cc1)c1ccc(N(c2ccccc2)c2ccc3ccccc3c2)cc1)N(c1ccccc1)c1ccc2ccccc2c1. The van der Waals surface area contributed by atoms with Crippen molar-refractivity contribution in [2.75, 3.05) is 20.0 Å². The van der Waals surface area contributed by atoms with Crippen LogP contribution in [0.25, 0.3) is 21.5 Å². The van der Waals surface area contributed by atoms with Crippen LogP contribution in [0.1, 0.15) is 6.42 Å². The topological polar surface area (TPSA) is 21.8 Å². The number of nitrogens with zero attached hydrogens (tertiary/aromatic N) is 3. The predicted molar refractivity (Wildman–Crippen MR) is 257 cm³/mol. The highest BCUT2D eigenvalue weighted by atomic mass is 15.2. The van der Waals surface area contributed by atoms with Crippen LogP contribution in [0.2, 0.25) is 0 Å². The second-order valence-corrected chi connectivity index (χ2v) is 14.8. The monoisotopic (exact) mass is 774 g/mol. The van der Waals surface area contributed by atoms with Crippen LogP contribution in [0.15, 0.2) is 249 Å². The molecule has 9 aromatic carbocycles. The third kappa shape index (κ3) is 8.40. The minimum absolute atomic E-state index is 0.00660. The molecule has 0 saturated carbocycles. The lowest BCUT2D eigenvalue weighted by Gasteiger charge is -2.32. The third-order valence-corrected chi connectivity index (χ3v) is 10.9. The van der Waals surface area contributed by atoms with E-state index in [0.717, 1.165) is 57.6 Å². The Hall–Kier alpha value is -7.82. The summed E-state index contributed by atoms with van der Waals surface area (Å²) in [5.74, 6) is 0. The van der Waals surface area contributed by atoms with E-state index >= 15 is 0 Å². The lowest BCUT2D eigenvalue weighted by atomic mass is 10.1. The first-order chi connectivity index (χ1) is 29.7. The van der Waals surface area contributed by atoms with Gasteiger partial charge in [0.2, 0.25) is 0 Å². The Kier molecular flexibility index (Phi) is 11.2. The minimum atomic E-state index is -0.00660. The van der Waals surface area contributed by atoms with Crippen LogP contribution >= 0.6 is 0 Å². The Morgan fingerprint density at radius 3 is 1.43 bits per heavy atom. The van der Waals surface area contributed by atoms with Crippen molar-refractivity contribution in [3.63, 3.8) is 0 Å². The molecule has 0 bridgehead atoms. The van der Waals surface area contributed by atoms with Gasteiger partial charge in [-0.15, -0.1) is 6.58 Å². The zero-order valence-corrected chi connectivity index (χ0v) is 33.4. The van der Waals surface area contributed by atoms with Crippen LogP contribution in [-0.4, -0.2) is 6.04 Å². The Balaban J connectivity index is 1.06. The van der Waals surface area contributed by atoms with Gasteiger partial charge in [-0.1, -0.05) is 127 Å². The van der Waals surface area contributed by atoms with Crippen LogP contribution in [0.3, 0.4) is 0 Å². The van der Waals surface area contributed by atoms with E-state index in [9.17, 15) is 0 Å². The standard InChI is InChI=1S/C56H46N4/c1-2-49(59(52-23-8-4-9-24-52)55-32-28-43-17-12-14-19-45(43)41-55)27-16-40-58(50-34-30-48(31-35-50)57-47-21-6-3-7-22-47)51-36-38-54(39-37-51)60(53-25-10-5-11-26-53)56-33-29-44-18-13-15-20-46(44)42-56/h2-26,28-42,49,57H,1,27H2. The van der Waals surface area contributed by atoms with Crippen LogP contribution in [0, 0.1) is 0 Å². The van der Waals surface area contributed by atoms with Gasteiger partial charge in [0, 0.05) is 57.4 Å². The molecule has 1 N–H and O–H groups in total. The predicted octanol–water partition coefficient (Wildman–Crippen LogP) is 15.6. The fourth-order valence-electron chi connectivity index (χ4n) is 7.88. The summed E-state index contributed by atoms with van der Waals surface area (Å²) in [5, 5.41) is 8.39. The Labute approximate surface area is 353 Å². The molecule has 0 aliphatic rings. The van der Waals surface area contributed by atoms with Crippen LogP contribution in [-0.2, 0) is 0 Å². The van der Waals surface area contributed by atoms with Crippen molar-refractivity contribution in [3.05, 3.63) is 249 Å². The molecule has 0 amide bonds. The molecule has 0 aliphatic heterocycles. The number of hydrogen-bond donors (Lipinski definition) is 1. The first kappa shape index (κ1) is 37.7. The van der Waals surface area contributed by atoms with Gasteiger partial charge in [0.1, 0.15) is 0 Å². The van der Waals surface area contributed by atoms with Gasteiger partial charge in [0.05, 0.1) is 6.04 Å². The van der Waals surface area contributed by atoms with Gasteiger partial charge in [-0.25, -0.2) is 0 Å². The molecule has 60 heavy (non-hydrogen) atoms. The maximum atomic E-state index is 4.35. The van der Waals surface area contributed by atoms with Crippen molar-refractivity contribution < 1.29 is 0 Å². The Morgan fingerprint density at radius 1 is 0.400 bits per heavy atom. The number of para-hydroxylation sites is 3. The number of nitrogens with one attached hydrogen (secondary N) is 1. The second-order valence-electron chi connectivity index (χ2n) is 14.8. The van der Waals surface area contributed by atoms with Gasteiger partial charge < -0.3 is 20.0 Å². The van der Waals surface area contributed by atoms with E-state index in [1.54, 1.807) is 0 Å². The number of benzene rings is 9. The normalized spacial score (nSPS) is 11.7. The average molecular weight is 775 g/mol. The van der Waals surface area contributed by atoms with E-state index in [2.05, 4.69) is 251 Å². The smallest absolute Gasteiger partial charge is 0.0554 e. The molecule has 0 spiro atoms. The van der Waals surface area contributed by atoms with Gasteiger partial charge in [-0.05, 0) is 137 Å². The van der Waals surface area contributed by atoms with Gasteiger partial charge in [0.15, 0.2) is 0 Å². The summed E-state index contributed by atoms with van der Waals surface area (Å²) in [6.45, 7) is 4.35. The second kappa shape index (κ2) is 17.8. The van der Waals surface area contributed by atoms with Gasteiger partial charge in [0.25, 0.3) is 0 Å². The summed E-state index contributed by atoms with van der Waals surface area (Å²) >= 11 is 0. The first-order valence-electron chi connectivity index (χ1n) is 20.5. The van der Waals surface area contributed by atoms with Crippen LogP contribution < -0.4 is 20.0 Å². The maximum Gasteiger partial charge on any atom is 0.0554 e. The van der Waals surface area contributed by atoms with E-state index < -0.39 is 0 Å². The van der Waals surface area contributed by atoms with Gasteiger partial charge in [-0.3, -0.25) is 0 Å². The number of anilines is 9. The first-order valence-corrected chi connectivity index (χ1v) is 20.5. The lowest BCUT2D eigenvalue weighted by molar-refractivity contribution is 0.793. The molecule has 1 unspecified atom stereocenters. The van der Waals surface area contributed by atoms with Crippen LogP contribution in [0.4, 0.5) is 51.2 Å². The van der Waals surface area contributed by atoms with Crippen molar-refractivity contribution in [2.24, 2.45) is 0 Å². The molecule has 0 radical (unpaired) electrons. The quantitative estimate of drug-likeness (QED) is 0.111. The summed E-state index contributed by atoms with van der Waals surface area (Å²) < 4.78 is 0. The van der Waals surface area contributed by atoms with Crippen molar-refractivity contribution in [1.29, 1.82) is 0 Å². The molecule has 4 nitrogen and oxygen atoms in total. The molecule has 0 fully saturated rings. The van der Waals surface area contributed by atoms with E-state index in [-0.39, 0.29) is 6.04 Å². The summed E-state index contributed by atoms with van der Waals surface area (Å²) in [4.78, 5) is 6.97. The molecule has 4 heteroatoms. The summed E-state index contributed by atoms with van der Waals surface area (Å²) in [5.41, 5.74) is 9.71. The Bertz CT molecular complexity index is 2840. The highest BCUT2D eigenvalue weighted by Gasteiger charge is 2.19. The number of rotatable bonds is 14. The van der Waals surface area contributed by atoms with E-state index in [1.807, 2.05) is 18.2 Å². The molecule has 0 saturated heterocycles. The van der Waals surface area contributed by atoms with Crippen molar-refractivity contribution >= 4 is 72.7 Å². The van der Waals surface area contributed by atoms with Crippen molar-refractivity contribution in [1.82, 2.24) is 0 Å². The zero-order valence-electron chi connectivity index (χ0n) is 33.4. The van der Waals surface area contributed by atoms with Gasteiger partial charge in [-0.2, -0.15) is 0 Å². The Morgan fingerprint density at radius 2 is 0.833 bits per heavy atom. The highest BCUT2D eigenvalue weighted by Crippen LogP contribution is 2.38. The average Bonchev–Trinajstić information content (AvgIpc) is 3.31. The molecule has 1 atom stereocenters. The van der Waals surface area contributed by atoms with E-state index in [4.69, 9.17) is 0 Å². The fourth-order valence-corrected chi connectivity index (χ4v) is 7.88. The zero-order chi connectivity index (χ0) is 40.5. The molecular weight excluding hydrogens is 729 g/mol. The number of fused-ring (bicyclic) bond motifs is 2. The summed E-state index contributed by atoms with van der Waals surface area (Å²) in [7, 11) is 0. The number of hydrogen-bond acceptors (Lipinski definition) is 4. The lowest BCUT2D eigenvalue weighted by Crippen LogP contribution is -2.29. The molecule has 9 rings (SSSR count). The van der Waals surface area contributed by atoms with E-state index in [0.29, 0.717) is 0 Å². The van der Waals surface area contributed by atoms with Gasteiger partial charge >= 0.3 is 0 Å².